The van der Waals surface area contributed by atoms with E-state index < -0.39 is 0 Å². The molecule has 6 heteroatoms. The summed E-state index contributed by atoms with van der Waals surface area (Å²) in [5.41, 5.74) is 3.98. The summed E-state index contributed by atoms with van der Waals surface area (Å²) in [6, 6.07) is 7.75. The number of nitrogens with zero attached hydrogens (tertiary/aromatic N) is 1. The van der Waals surface area contributed by atoms with Crippen molar-refractivity contribution in [3.05, 3.63) is 46.5 Å². The summed E-state index contributed by atoms with van der Waals surface area (Å²) in [4.78, 5) is 15.4. The zero-order chi connectivity index (χ0) is 19.8. The summed E-state index contributed by atoms with van der Waals surface area (Å²) in [5.74, 6) is 2.78. The number of carbonyl (C=O) groups excluding carboxylic acids is 1. The van der Waals surface area contributed by atoms with Gasteiger partial charge in [0.15, 0.2) is 23.0 Å². The predicted octanol–water partition coefficient (Wildman–Crippen LogP) is 3.41. The van der Waals surface area contributed by atoms with Crippen LogP contribution in [0.5, 0.6) is 23.0 Å². The first kappa shape index (κ1) is 18.5. The van der Waals surface area contributed by atoms with Crippen LogP contribution in [-0.2, 0) is 12.8 Å². The van der Waals surface area contributed by atoms with Crippen molar-refractivity contribution in [1.29, 1.82) is 0 Å². The number of hydrogen-bond donors (Lipinski definition) is 0. The van der Waals surface area contributed by atoms with Crippen molar-refractivity contribution in [3.8, 4) is 23.0 Å². The van der Waals surface area contributed by atoms with Crippen molar-refractivity contribution in [2.24, 2.45) is 0 Å². The van der Waals surface area contributed by atoms with Gasteiger partial charge >= 0.3 is 0 Å². The van der Waals surface area contributed by atoms with Crippen molar-refractivity contribution >= 4 is 5.91 Å². The summed E-state index contributed by atoms with van der Waals surface area (Å²) in [5, 5.41) is 0. The first-order valence-electron chi connectivity index (χ1n) is 9.42. The molecule has 2 heterocycles. The Morgan fingerprint density at radius 3 is 2.29 bits per heavy atom. The molecule has 2 aliphatic heterocycles. The lowest BCUT2D eigenvalue weighted by molar-refractivity contribution is 0.0661. The van der Waals surface area contributed by atoms with Crippen LogP contribution < -0.4 is 18.9 Å². The monoisotopic (exact) mass is 383 g/mol. The van der Waals surface area contributed by atoms with Crippen LogP contribution in [0.4, 0.5) is 0 Å². The maximum atomic E-state index is 13.4. The molecule has 0 fully saturated rings. The molecule has 6 nitrogen and oxygen atoms in total. The molecule has 0 aliphatic carbocycles. The highest BCUT2D eigenvalue weighted by atomic mass is 16.5. The quantitative estimate of drug-likeness (QED) is 0.810. The molecule has 1 amide bonds. The first-order valence-corrected chi connectivity index (χ1v) is 9.42. The Balaban J connectivity index is 1.78. The van der Waals surface area contributed by atoms with E-state index in [0.717, 1.165) is 47.5 Å². The number of benzene rings is 2. The van der Waals surface area contributed by atoms with Crippen LogP contribution in [0.15, 0.2) is 24.3 Å². The van der Waals surface area contributed by atoms with Crippen molar-refractivity contribution in [1.82, 2.24) is 4.90 Å². The van der Waals surface area contributed by atoms with Gasteiger partial charge in [-0.1, -0.05) is 6.07 Å². The fourth-order valence-corrected chi connectivity index (χ4v) is 4.46. The molecule has 2 aromatic rings. The highest BCUT2D eigenvalue weighted by Gasteiger charge is 2.37. The third kappa shape index (κ3) is 2.75. The zero-order valence-corrected chi connectivity index (χ0v) is 16.7. The minimum atomic E-state index is 0.0143. The minimum absolute atomic E-state index is 0.0143. The summed E-state index contributed by atoms with van der Waals surface area (Å²) >= 11 is 0. The van der Waals surface area contributed by atoms with Gasteiger partial charge in [0.1, 0.15) is 0 Å². The Kier molecular flexibility index (Phi) is 4.79. The van der Waals surface area contributed by atoms with Gasteiger partial charge in [-0.25, -0.2) is 0 Å². The van der Waals surface area contributed by atoms with E-state index in [2.05, 4.69) is 6.07 Å². The van der Waals surface area contributed by atoms with Gasteiger partial charge in [0, 0.05) is 17.7 Å². The maximum absolute atomic E-state index is 13.4. The first-order chi connectivity index (χ1) is 13.6. The lowest BCUT2D eigenvalue weighted by Gasteiger charge is -2.37. The average molecular weight is 383 g/mol. The summed E-state index contributed by atoms with van der Waals surface area (Å²) in [6.45, 7) is 0.647. The lowest BCUT2D eigenvalue weighted by Crippen LogP contribution is -2.39. The molecular formula is C22H25NO5. The third-order valence-electron chi connectivity index (χ3n) is 5.81. The molecule has 0 N–H and O–H groups in total. The SMILES string of the molecule is COc1cc2c(cc1OC)C(=O)N1CCc3c(ccc(OC)c3OC)C1CC2. The van der Waals surface area contributed by atoms with Crippen molar-refractivity contribution < 1.29 is 23.7 Å². The Hall–Kier alpha value is -2.89. The topological polar surface area (TPSA) is 57.2 Å². The third-order valence-corrected chi connectivity index (χ3v) is 5.81. The van der Waals surface area contributed by atoms with Gasteiger partial charge < -0.3 is 23.8 Å². The zero-order valence-electron chi connectivity index (χ0n) is 16.7. The molecule has 2 aliphatic rings. The number of aryl methyl sites for hydroxylation is 1. The van der Waals surface area contributed by atoms with Crippen LogP contribution in [0, 0.1) is 0 Å². The molecule has 4 rings (SSSR count). The number of ether oxygens (including phenoxy) is 4. The van der Waals surface area contributed by atoms with Crippen molar-refractivity contribution in [2.45, 2.75) is 25.3 Å². The van der Waals surface area contributed by atoms with Crippen LogP contribution >= 0.6 is 0 Å². The second kappa shape index (κ2) is 7.26. The van der Waals surface area contributed by atoms with E-state index >= 15 is 0 Å². The molecule has 0 saturated carbocycles. The van der Waals surface area contributed by atoms with Gasteiger partial charge in [-0.15, -0.1) is 0 Å². The number of rotatable bonds is 4. The highest BCUT2D eigenvalue weighted by Crippen LogP contribution is 2.44. The van der Waals surface area contributed by atoms with Crippen LogP contribution in [0.3, 0.4) is 0 Å². The Morgan fingerprint density at radius 1 is 0.893 bits per heavy atom. The lowest BCUT2D eigenvalue weighted by atomic mass is 9.89. The molecule has 148 valence electrons. The fourth-order valence-electron chi connectivity index (χ4n) is 4.46. The molecule has 2 aromatic carbocycles. The number of amides is 1. The van der Waals surface area contributed by atoms with Gasteiger partial charge in [-0.3, -0.25) is 4.79 Å². The van der Waals surface area contributed by atoms with Crippen LogP contribution in [0.1, 0.15) is 39.5 Å². The van der Waals surface area contributed by atoms with Crippen molar-refractivity contribution in [2.75, 3.05) is 35.0 Å². The molecular weight excluding hydrogens is 358 g/mol. The molecule has 0 radical (unpaired) electrons. The standard InChI is InChI=1S/C22H25NO5/c1-25-18-8-6-14-15(21(18)28-4)9-10-23-17(14)7-5-13-11-19(26-2)20(27-3)12-16(13)22(23)24/h6,8,11-12,17H,5,7,9-10H2,1-4H3. The second-order valence-corrected chi connectivity index (χ2v) is 7.04. The fraction of sp³-hybridized carbons (Fsp3) is 0.409. The molecule has 0 spiro atoms. The molecule has 0 aromatic heterocycles. The molecule has 0 saturated heterocycles. The summed E-state index contributed by atoms with van der Waals surface area (Å²) in [6.07, 6.45) is 2.37. The van der Waals surface area contributed by atoms with E-state index in [0.29, 0.717) is 23.6 Å². The average Bonchev–Trinajstić information content (AvgIpc) is 2.88. The van der Waals surface area contributed by atoms with Crippen LogP contribution in [0.2, 0.25) is 0 Å². The van der Waals surface area contributed by atoms with Gasteiger partial charge in [0.25, 0.3) is 5.91 Å². The normalized spacial score (nSPS) is 17.8. The molecule has 1 unspecified atom stereocenters. The summed E-state index contributed by atoms with van der Waals surface area (Å²) < 4.78 is 21.9. The van der Waals surface area contributed by atoms with Gasteiger partial charge in [0.05, 0.1) is 34.5 Å². The van der Waals surface area contributed by atoms with Crippen LogP contribution in [-0.4, -0.2) is 45.8 Å². The van der Waals surface area contributed by atoms with Crippen molar-refractivity contribution in [3.63, 3.8) is 0 Å². The van der Waals surface area contributed by atoms with E-state index in [-0.39, 0.29) is 11.9 Å². The van der Waals surface area contributed by atoms with E-state index in [9.17, 15) is 4.79 Å². The van der Waals surface area contributed by atoms with Crippen LogP contribution in [0.25, 0.3) is 0 Å². The molecule has 28 heavy (non-hydrogen) atoms. The maximum Gasteiger partial charge on any atom is 0.254 e. The Morgan fingerprint density at radius 2 is 1.61 bits per heavy atom. The highest BCUT2D eigenvalue weighted by molar-refractivity contribution is 5.97. The van der Waals surface area contributed by atoms with E-state index in [1.807, 2.05) is 23.1 Å². The minimum Gasteiger partial charge on any atom is -0.493 e. The number of carbonyl (C=O) groups is 1. The number of hydrogen-bond acceptors (Lipinski definition) is 5. The smallest absolute Gasteiger partial charge is 0.254 e. The Bertz CT molecular complexity index is 924. The predicted molar refractivity (Wildman–Crippen MR) is 105 cm³/mol. The second-order valence-electron chi connectivity index (χ2n) is 7.04. The van der Waals surface area contributed by atoms with Gasteiger partial charge in [-0.05, 0) is 48.6 Å². The summed E-state index contributed by atoms with van der Waals surface area (Å²) in [7, 11) is 6.51. The number of fused-ring (bicyclic) bond motifs is 4. The van der Waals surface area contributed by atoms with E-state index in [1.165, 1.54) is 0 Å². The van der Waals surface area contributed by atoms with E-state index in [1.54, 1.807) is 28.4 Å². The molecule has 1 atom stereocenters. The number of methoxy groups -OCH3 is 4. The van der Waals surface area contributed by atoms with Gasteiger partial charge in [-0.2, -0.15) is 0 Å². The van der Waals surface area contributed by atoms with Gasteiger partial charge in [0.2, 0.25) is 0 Å². The largest absolute Gasteiger partial charge is 0.493 e. The Labute approximate surface area is 165 Å². The molecule has 0 bridgehead atoms. The van der Waals surface area contributed by atoms with E-state index in [4.69, 9.17) is 18.9 Å².